The fraction of sp³-hybridized carbons (Fsp3) is 0.250. The Balaban J connectivity index is 3.04. The van der Waals surface area contributed by atoms with E-state index in [1.54, 1.807) is 6.92 Å². The first-order chi connectivity index (χ1) is 5.61. The van der Waals surface area contributed by atoms with Crippen LogP contribution in [-0.2, 0) is 11.2 Å². The van der Waals surface area contributed by atoms with Gasteiger partial charge in [0.25, 0.3) is 0 Å². The Hall–Kier alpha value is -1.58. The van der Waals surface area contributed by atoms with E-state index in [1.807, 2.05) is 0 Å². The molecule has 0 aliphatic carbocycles. The second kappa shape index (κ2) is 3.21. The minimum absolute atomic E-state index is 0.0580. The van der Waals surface area contributed by atoms with Gasteiger partial charge in [-0.25, -0.2) is 0 Å². The second-order valence-corrected chi connectivity index (χ2v) is 2.52. The van der Waals surface area contributed by atoms with Gasteiger partial charge in [-0.05, 0) is 12.5 Å². The molecule has 4 nitrogen and oxygen atoms in total. The predicted octanol–water partition coefficient (Wildman–Crippen LogP) is 0.723. The maximum Gasteiger partial charge on any atom is 0.307 e. The molecule has 0 aromatic carbocycles. The predicted molar refractivity (Wildman–Crippen MR) is 42.0 cm³/mol. The van der Waals surface area contributed by atoms with Crippen LogP contribution in [0.5, 0.6) is 5.75 Å². The van der Waals surface area contributed by atoms with Gasteiger partial charge in [-0.2, -0.15) is 0 Å². The molecule has 0 saturated carbocycles. The molecule has 0 aliphatic rings. The Labute approximate surface area is 69.5 Å². The summed E-state index contributed by atoms with van der Waals surface area (Å²) in [5, 5.41) is 17.7. The standard InChI is InChI=1S/C8H9NO3/c1-5-3-9-4-7(10)6(5)2-8(11)12/h3-4,10H,2H2,1H3,(H,11,12). The Morgan fingerprint density at radius 3 is 2.75 bits per heavy atom. The quantitative estimate of drug-likeness (QED) is 0.681. The van der Waals surface area contributed by atoms with Crippen molar-refractivity contribution in [2.45, 2.75) is 13.3 Å². The molecule has 0 spiro atoms. The Morgan fingerprint density at radius 1 is 1.58 bits per heavy atom. The largest absolute Gasteiger partial charge is 0.506 e. The van der Waals surface area contributed by atoms with Crippen molar-refractivity contribution in [1.29, 1.82) is 0 Å². The third-order valence-electron chi connectivity index (χ3n) is 1.58. The Morgan fingerprint density at radius 2 is 2.25 bits per heavy atom. The van der Waals surface area contributed by atoms with Gasteiger partial charge >= 0.3 is 5.97 Å². The first kappa shape index (κ1) is 8.52. The Bertz CT molecular complexity index is 289. The van der Waals surface area contributed by atoms with Crippen molar-refractivity contribution in [2.75, 3.05) is 0 Å². The highest BCUT2D eigenvalue weighted by Gasteiger charge is 2.08. The molecule has 64 valence electrons. The summed E-state index contributed by atoms with van der Waals surface area (Å²) in [6, 6.07) is 0. The zero-order valence-corrected chi connectivity index (χ0v) is 6.61. The van der Waals surface area contributed by atoms with Crippen molar-refractivity contribution >= 4 is 5.97 Å². The summed E-state index contributed by atoms with van der Waals surface area (Å²) in [5.41, 5.74) is 1.12. The lowest BCUT2D eigenvalue weighted by Gasteiger charge is -2.03. The van der Waals surface area contributed by atoms with Crippen molar-refractivity contribution in [2.24, 2.45) is 0 Å². The van der Waals surface area contributed by atoms with Crippen LogP contribution in [0, 0.1) is 6.92 Å². The van der Waals surface area contributed by atoms with Crippen molar-refractivity contribution in [3.05, 3.63) is 23.5 Å². The number of pyridine rings is 1. The van der Waals surface area contributed by atoms with Gasteiger partial charge in [0.05, 0.1) is 12.6 Å². The molecule has 2 N–H and O–H groups in total. The highest BCUT2D eigenvalue weighted by atomic mass is 16.4. The van der Waals surface area contributed by atoms with Crippen LogP contribution in [0.4, 0.5) is 0 Å². The number of carbonyl (C=O) groups is 1. The van der Waals surface area contributed by atoms with E-state index in [9.17, 15) is 9.90 Å². The van der Waals surface area contributed by atoms with Crippen LogP contribution < -0.4 is 0 Å². The molecule has 1 aromatic heterocycles. The minimum atomic E-state index is -0.959. The number of aromatic nitrogens is 1. The molecule has 0 amide bonds. The van der Waals surface area contributed by atoms with Gasteiger partial charge in [-0.3, -0.25) is 9.78 Å². The van der Waals surface area contributed by atoms with E-state index in [2.05, 4.69) is 4.98 Å². The second-order valence-electron chi connectivity index (χ2n) is 2.52. The number of rotatable bonds is 2. The molecule has 1 heterocycles. The van der Waals surface area contributed by atoms with Crippen LogP contribution in [-0.4, -0.2) is 21.2 Å². The number of carboxylic acids is 1. The number of aliphatic carboxylic acids is 1. The summed E-state index contributed by atoms with van der Waals surface area (Å²) in [4.78, 5) is 14.1. The fourth-order valence-corrected chi connectivity index (χ4v) is 0.959. The van der Waals surface area contributed by atoms with Gasteiger partial charge in [0.1, 0.15) is 5.75 Å². The van der Waals surface area contributed by atoms with Crippen molar-refractivity contribution in [3.8, 4) is 5.75 Å². The normalized spacial score (nSPS) is 9.75. The van der Waals surface area contributed by atoms with Gasteiger partial charge in [0.15, 0.2) is 0 Å². The van der Waals surface area contributed by atoms with E-state index in [1.165, 1.54) is 12.4 Å². The van der Waals surface area contributed by atoms with Crippen molar-refractivity contribution < 1.29 is 15.0 Å². The van der Waals surface area contributed by atoms with Crippen LogP contribution in [0.25, 0.3) is 0 Å². The molecule has 0 saturated heterocycles. The van der Waals surface area contributed by atoms with E-state index in [-0.39, 0.29) is 12.2 Å². The molecule has 0 radical (unpaired) electrons. The van der Waals surface area contributed by atoms with Gasteiger partial charge in [0.2, 0.25) is 0 Å². The van der Waals surface area contributed by atoms with Crippen molar-refractivity contribution in [1.82, 2.24) is 4.98 Å². The molecule has 0 unspecified atom stereocenters. The lowest BCUT2D eigenvalue weighted by molar-refractivity contribution is -0.136. The van der Waals surface area contributed by atoms with Crippen LogP contribution in [0.1, 0.15) is 11.1 Å². The lowest BCUT2D eigenvalue weighted by Crippen LogP contribution is -2.02. The summed E-state index contributed by atoms with van der Waals surface area (Å²) >= 11 is 0. The molecule has 12 heavy (non-hydrogen) atoms. The lowest BCUT2D eigenvalue weighted by atomic mass is 10.1. The highest BCUT2D eigenvalue weighted by molar-refractivity contribution is 5.71. The summed E-state index contributed by atoms with van der Waals surface area (Å²) < 4.78 is 0. The topological polar surface area (TPSA) is 70.4 Å². The number of nitrogens with zero attached hydrogens (tertiary/aromatic N) is 1. The van der Waals surface area contributed by atoms with Gasteiger partial charge in [-0.15, -0.1) is 0 Å². The summed E-state index contributed by atoms with van der Waals surface area (Å²) in [6.45, 7) is 1.71. The van der Waals surface area contributed by atoms with E-state index in [0.29, 0.717) is 11.1 Å². The van der Waals surface area contributed by atoms with E-state index < -0.39 is 5.97 Å². The molecule has 4 heteroatoms. The van der Waals surface area contributed by atoms with Crippen LogP contribution in [0.3, 0.4) is 0 Å². The smallest absolute Gasteiger partial charge is 0.307 e. The van der Waals surface area contributed by atoms with Crippen molar-refractivity contribution in [3.63, 3.8) is 0 Å². The summed E-state index contributed by atoms with van der Waals surface area (Å²) in [5.74, 6) is -1.02. The van der Waals surface area contributed by atoms with E-state index >= 15 is 0 Å². The number of carboxylic acid groups (broad SMARTS) is 1. The molecular formula is C8H9NO3. The fourth-order valence-electron chi connectivity index (χ4n) is 0.959. The highest BCUT2D eigenvalue weighted by Crippen LogP contribution is 2.18. The molecule has 0 atom stereocenters. The molecule has 0 bridgehead atoms. The number of aryl methyl sites for hydroxylation is 1. The monoisotopic (exact) mass is 167 g/mol. The first-order valence-electron chi connectivity index (χ1n) is 3.45. The number of aromatic hydroxyl groups is 1. The number of hydrogen-bond acceptors (Lipinski definition) is 3. The van der Waals surface area contributed by atoms with Gasteiger partial charge < -0.3 is 10.2 Å². The molecular weight excluding hydrogens is 158 g/mol. The molecule has 1 aromatic rings. The van der Waals surface area contributed by atoms with Crippen LogP contribution in [0.2, 0.25) is 0 Å². The maximum absolute atomic E-state index is 10.3. The third kappa shape index (κ3) is 1.72. The third-order valence-corrected chi connectivity index (χ3v) is 1.58. The average Bonchev–Trinajstić information content (AvgIpc) is 1.97. The molecule has 1 rings (SSSR count). The molecule has 0 fully saturated rings. The number of hydrogen-bond donors (Lipinski definition) is 2. The zero-order valence-electron chi connectivity index (χ0n) is 6.61. The first-order valence-corrected chi connectivity index (χ1v) is 3.45. The maximum atomic E-state index is 10.3. The molecule has 0 aliphatic heterocycles. The average molecular weight is 167 g/mol. The van der Waals surface area contributed by atoms with Gasteiger partial charge in [0, 0.05) is 11.8 Å². The van der Waals surface area contributed by atoms with E-state index in [4.69, 9.17) is 5.11 Å². The van der Waals surface area contributed by atoms with Crippen LogP contribution >= 0.6 is 0 Å². The summed E-state index contributed by atoms with van der Waals surface area (Å²) in [6.07, 6.45) is 2.60. The van der Waals surface area contributed by atoms with Crippen LogP contribution in [0.15, 0.2) is 12.4 Å². The zero-order chi connectivity index (χ0) is 9.14. The summed E-state index contributed by atoms with van der Waals surface area (Å²) in [7, 11) is 0. The SMILES string of the molecule is Cc1cncc(O)c1CC(=O)O. The van der Waals surface area contributed by atoms with E-state index in [0.717, 1.165) is 0 Å². The van der Waals surface area contributed by atoms with Gasteiger partial charge in [-0.1, -0.05) is 0 Å². The Kier molecular flexibility index (Phi) is 2.28. The minimum Gasteiger partial charge on any atom is -0.506 e.